The van der Waals surface area contributed by atoms with Crippen molar-refractivity contribution in [2.75, 3.05) is 13.6 Å². The number of hydrogen-bond acceptors (Lipinski definition) is 3. The molecule has 1 amide bonds. The molecule has 0 radical (unpaired) electrons. The van der Waals surface area contributed by atoms with Crippen molar-refractivity contribution in [2.45, 2.75) is 13.5 Å². The Hall–Kier alpha value is -1.36. The van der Waals surface area contributed by atoms with Gasteiger partial charge < -0.3 is 10.6 Å². The summed E-state index contributed by atoms with van der Waals surface area (Å²) in [5.74, 6) is 0.0388. The van der Waals surface area contributed by atoms with Gasteiger partial charge in [0.25, 0.3) is 0 Å². The van der Waals surface area contributed by atoms with Crippen molar-refractivity contribution in [3.8, 4) is 0 Å². The molecular formula is C9H16N4O. The van der Waals surface area contributed by atoms with Crippen molar-refractivity contribution >= 4 is 5.91 Å². The van der Waals surface area contributed by atoms with Gasteiger partial charge in [-0.05, 0) is 13.1 Å². The third kappa shape index (κ3) is 3.18. The summed E-state index contributed by atoms with van der Waals surface area (Å²) >= 11 is 0. The number of rotatable bonds is 5. The second-order valence-electron chi connectivity index (χ2n) is 3.26. The minimum absolute atomic E-state index is 0.0112. The number of aromatic nitrogens is 2. The lowest BCUT2D eigenvalue weighted by Gasteiger charge is -2.10. The molecule has 3 N–H and O–H groups in total. The highest BCUT2D eigenvalue weighted by Gasteiger charge is 2.10. The predicted molar refractivity (Wildman–Crippen MR) is 53.5 cm³/mol. The third-order valence-electron chi connectivity index (χ3n) is 1.97. The molecule has 78 valence electrons. The monoisotopic (exact) mass is 196 g/mol. The molecule has 0 aliphatic rings. The molecule has 0 aliphatic heterocycles. The van der Waals surface area contributed by atoms with Crippen LogP contribution in [0.4, 0.5) is 0 Å². The van der Waals surface area contributed by atoms with Gasteiger partial charge >= 0.3 is 0 Å². The molecule has 1 unspecified atom stereocenters. The van der Waals surface area contributed by atoms with Crippen LogP contribution in [0.1, 0.15) is 12.6 Å². The van der Waals surface area contributed by atoms with Crippen LogP contribution in [-0.4, -0.2) is 29.7 Å². The highest BCUT2D eigenvalue weighted by molar-refractivity contribution is 5.78. The first-order chi connectivity index (χ1) is 6.74. The first kappa shape index (κ1) is 10.7. The Morgan fingerprint density at radius 2 is 2.50 bits per heavy atom. The van der Waals surface area contributed by atoms with Gasteiger partial charge in [0.15, 0.2) is 0 Å². The van der Waals surface area contributed by atoms with E-state index < -0.39 is 0 Å². The summed E-state index contributed by atoms with van der Waals surface area (Å²) in [4.78, 5) is 11.4. The number of aromatic amines is 1. The molecule has 5 heteroatoms. The van der Waals surface area contributed by atoms with Crippen molar-refractivity contribution in [1.82, 2.24) is 20.8 Å². The van der Waals surface area contributed by atoms with Crippen LogP contribution in [0.2, 0.25) is 0 Å². The molecule has 1 heterocycles. The maximum atomic E-state index is 11.4. The Labute approximate surface area is 83.3 Å². The quantitative estimate of drug-likeness (QED) is 0.615. The van der Waals surface area contributed by atoms with Gasteiger partial charge in [-0.3, -0.25) is 9.89 Å². The van der Waals surface area contributed by atoms with Crippen molar-refractivity contribution in [2.24, 2.45) is 5.92 Å². The van der Waals surface area contributed by atoms with Crippen LogP contribution < -0.4 is 10.6 Å². The Morgan fingerprint density at radius 1 is 1.71 bits per heavy atom. The molecule has 1 aromatic heterocycles. The average Bonchev–Trinajstić information content (AvgIpc) is 2.67. The van der Waals surface area contributed by atoms with Crippen molar-refractivity contribution in [3.05, 3.63) is 18.0 Å². The van der Waals surface area contributed by atoms with Gasteiger partial charge in [0.1, 0.15) is 0 Å². The fraction of sp³-hybridized carbons (Fsp3) is 0.556. The molecule has 0 saturated carbocycles. The summed E-state index contributed by atoms with van der Waals surface area (Å²) in [5, 5.41) is 12.4. The van der Waals surface area contributed by atoms with E-state index in [1.807, 2.05) is 20.0 Å². The highest BCUT2D eigenvalue weighted by atomic mass is 16.1. The van der Waals surface area contributed by atoms with Gasteiger partial charge in [0.05, 0.1) is 12.2 Å². The number of amides is 1. The topological polar surface area (TPSA) is 69.8 Å². The Bertz CT molecular complexity index is 270. The minimum atomic E-state index is -0.0112. The maximum absolute atomic E-state index is 11.4. The second-order valence-corrected chi connectivity index (χ2v) is 3.26. The van der Waals surface area contributed by atoms with Crippen LogP contribution in [0, 0.1) is 5.92 Å². The fourth-order valence-corrected chi connectivity index (χ4v) is 1.14. The SMILES string of the molecule is CNCC(C)C(=O)NCc1ccn[nH]1. The zero-order valence-corrected chi connectivity index (χ0v) is 8.50. The van der Waals surface area contributed by atoms with E-state index in [1.165, 1.54) is 0 Å². The lowest BCUT2D eigenvalue weighted by Crippen LogP contribution is -2.33. The zero-order valence-electron chi connectivity index (χ0n) is 8.50. The van der Waals surface area contributed by atoms with E-state index in [2.05, 4.69) is 20.8 Å². The molecule has 0 aromatic carbocycles. The molecule has 0 aliphatic carbocycles. The predicted octanol–water partition coefficient (Wildman–Crippen LogP) is -0.119. The Kier molecular flexibility index (Phi) is 4.12. The van der Waals surface area contributed by atoms with E-state index >= 15 is 0 Å². The summed E-state index contributed by atoms with van der Waals surface area (Å²) in [7, 11) is 1.83. The van der Waals surface area contributed by atoms with Crippen molar-refractivity contribution in [1.29, 1.82) is 0 Å². The van der Waals surface area contributed by atoms with Crippen LogP contribution >= 0.6 is 0 Å². The smallest absolute Gasteiger partial charge is 0.224 e. The first-order valence-electron chi connectivity index (χ1n) is 4.64. The Balaban J connectivity index is 2.27. The van der Waals surface area contributed by atoms with Gasteiger partial charge in [-0.15, -0.1) is 0 Å². The van der Waals surface area contributed by atoms with Crippen molar-refractivity contribution in [3.63, 3.8) is 0 Å². The second kappa shape index (κ2) is 5.39. The van der Waals surface area contributed by atoms with Crippen LogP contribution in [0.3, 0.4) is 0 Å². The molecule has 5 nitrogen and oxygen atoms in total. The standard InChI is InChI=1S/C9H16N4O/c1-7(5-10-2)9(14)11-6-8-3-4-12-13-8/h3-4,7,10H,5-6H2,1-2H3,(H,11,14)(H,12,13). The number of nitrogens with one attached hydrogen (secondary N) is 3. The Morgan fingerprint density at radius 3 is 3.07 bits per heavy atom. The normalized spacial score (nSPS) is 12.4. The highest BCUT2D eigenvalue weighted by Crippen LogP contribution is 1.95. The molecule has 0 saturated heterocycles. The number of H-pyrrole nitrogens is 1. The number of carbonyl (C=O) groups is 1. The van der Waals surface area contributed by atoms with Crippen LogP contribution in [0.25, 0.3) is 0 Å². The molecule has 14 heavy (non-hydrogen) atoms. The fourth-order valence-electron chi connectivity index (χ4n) is 1.14. The molecule has 1 rings (SSSR count). The zero-order chi connectivity index (χ0) is 10.4. The lowest BCUT2D eigenvalue weighted by atomic mass is 10.1. The molecule has 0 spiro atoms. The van der Waals surface area contributed by atoms with Gasteiger partial charge in [-0.1, -0.05) is 6.92 Å². The van der Waals surface area contributed by atoms with E-state index in [0.717, 1.165) is 5.69 Å². The van der Waals surface area contributed by atoms with Crippen LogP contribution in [-0.2, 0) is 11.3 Å². The summed E-state index contributed by atoms with van der Waals surface area (Å²) in [6, 6.07) is 1.84. The van der Waals surface area contributed by atoms with E-state index in [1.54, 1.807) is 6.20 Å². The van der Waals surface area contributed by atoms with E-state index in [9.17, 15) is 4.79 Å². The van der Waals surface area contributed by atoms with Crippen LogP contribution in [0.5, 0.6) is 0 Å². The van der Waals surface area contributed by atoms with E-state index in [0.29, 0.717) is 13.1 Å². The average molecular weight is 196 g/mol. The molecule has 0 fully saturated rings. The summed E-state index contributed by atoms with van der Waals surface area (Å²) in [6.45, 7) is 3.08. The minimum Gasteiger partial charge on any atom is -0.350 e. The number of hydrogen-bond donors (Lipinski definition) is 3. The van der Waals surface area contributed by atoms with Gasteiger partial charge in [-0.25, -0.2) is 0 Å². The molecular weight excluding hydrogens is 180 g/mol. The van der Waals surface area contributed by atoms with Gasteiger partial charge in [0.2, 0.25) is 5.91 Å². The van der Waals surface area contributed by atoms with Gasteiger partial charge in [0, 0.05) is 18.7 Å². The van der Waals surface area contributed by atoms with Crippen molar-refractivity contribution < 1.29 is 4.79 Å². The summed E-state index contributed by atoms with van der Waals surface area (Å²) < 4.78 is 0. The van der Waals surface area contributed by atoms with Gasteiger partial charge in [-0.2, -0.15) is 5.10 Å². The molecule has 1 atom stereocenters. The van der Waals surface area contributed by atoms with E-state index in [4.69, 9.17) is 0 Å². The first-order valence-corrected chi connectivity index (χ1v) is 4.64. The molecule has 1 aromatic rings. The lowest BCUT2D eigenvalue weighted by molar-refractivity contribution is -0.124. The van der Waals surface area contributed by atoms with E-state index in [-0.39, 0.29) is 11.8 Å². The number of nitrogens with zero attached hydrogens (tertiary/aromatic N) is 1. The third-order valence-corrected chi connectivity index (χ3v) is 1.97. The molecule has 0 bridgehead atoms. The summed E-state index contributed by atoms with van der Waals surface area (Å²) in [5.41, 5.74) is 0.912. The number of carbonyl (C=O) groups excluding carboxylic acids is 1. The maximum Gasteiger partial charge on any atom is 0.224 e. The summed E-state index contributed by atoms with van der Waals surface area (Å²) in [6.07, 6.45) is 1.67. The largest absolute Gasteiger partial charge is 0.350 e. The van der Waals surface area contributed by atoms with Crippen LogP contribution in [0.15, 0.2) is 12.3 Å².